The van der Waals surface area contributed by atoms with Gasteiger partial charge in [0.2, 0.25) is 0 Å². The summed E-state index contributed by atoms with van der Waals surface area (Å²) in [5.41, 5.74) is 7.62. The quantitative estimate of drug-likeness (QED) is 0.633. The third-order valence-electron chi connectivity index (χ3n) is 5.32. The molecule has 1 atom stereocenters. The third kappa shape index (κ3) is 3.15. The third-order valence-corrected chi connectivity index (χ3v) is 5.73. The molecular formula is C22H23ClN4. The van der Waals surface area contributed by atoms with Crippen molar-refractivity contribution in [3.8, 4) is 5.69 Å². The molecule has 5 heteroatoms. The molecule has 1 unspecified atom stereocenters. The van der Waals surface area contributed by atoms with Crippen molar-refractivity contribution in [2.24, 2.45) is 0 Å². The molecule has 2 heterocycles. The van der Waals surface area contributed by atoms with Crippen molar-refractivity contribution in [1.82, 2.24) is 19.9 Å². The average Bonchev–Trinajstić information content (AvgIpc) is 3.09. The highest BCUT2D eigenvalue weighted by molar-refractivity contribution is 6.31. The molecule has 0 amide bonds. The largest absolute Gasteiger partial charge is 0.365 e. The first-order chi connectivity index (χ1) is 13.0. The van der Waals surface area contributed by atoms with Gasteiger partial charge in [0.15, 0.2) is 0 Å². The van der Waals surface area contributed by atoms with Crippen molar-refractivity contribution in [2.45, 2.75) is 33.2 Å². The SMILES string of the molecule is C=C(c1cccc(Cl)c1C)N1Cc2nnn(-c3ccc(C)cc3)c2C(C)C1. The summed E-state index contributed by atoms with van der Waals surface area (Å²) in [6, 6.07) is 14.4. The van der Waals surface area contributed by atoms with Crippen LogP contribution in [0.4, 0.5) is 0 Å². The molecule has 0 bridgehead atoms. The molecular weight excluding hydrogens is 356 g/mol. The molecule has 27 heavy (non-hydrogen) atoms. The summed E-state index contributed by atoms with van der Waals surface area (Å²) < 4.78 is 1.98. The zero-order valence-corrected chi connectivity index (χ0v) is 16.7. The van der Waals surface area contributed by atoms with Gasteiger partial charge >= 0.3 is 0 Å². The van der Waals surface area contributed by atoms with E-state index in [1.165, 1.54) is 11.3 Å². The van der Waals surface area contributed by atoms with Gasteiger partial charge in [-0.1, -0.05) is 60.1 Å². The molecule has 4 nitrogen and oxygen atoms in total. The molecule has 0 N–H and O–H groups in total. The number of fused-ring (bicyclic) bond motifs is 1. The molecule has 0 aliphatic carbocycles. The fraction of sp³-hybridized carbons (Fsp3) is 0.273. The van der Waals surface area contributed by atoms with Crippen LogP contribution in [-0.2, 0) is 6.54 Å². The number of halogens is 1. The lowest BCUT2D eigenvalue weighted by atomic mass is 9.97. The van der Waals surface area contributed by atoms with E-state index >= 15 is 0 Å². The molecule has 0 saturated heterocycles. The van der Waals surface area contributed by atoms with Crippen LogP contribution < -0.4 is 0 Å². The Morgan fingerprint density at radius 1 is 1.15 bits per heavy atom. The Balaban J connectivity index is 1.65. The zero-order valence-electron chi connectivity index (χ0n) is 15.9. The Morgan fingerprint density at radius 3 is 2.63 bits per heavy atom. The maximum absolute atomic E-state index is 6.30. The normalized spacial score (nSPS) is 16.3. The molecule has 4 rings (SSSR count). The van der Waals surface area contributed by atoms with E-state index in [0.717, 1.165) is 39.8 Å². The predicted molar refractivity (Wildman–Crippen MR) is 110 cm³/mol. The molecule has 3 aromatic rings. The Bertz CT molecular complexity index is 1000. The summed E-state index contributed by atoms with van der Waals surface area (Å²) >= 11 is 6.30. The minimum absolute atomic E-state index is 0.293. The van der Waals surface area contributed by atoms with E-state index in [4.69, 9.17) is 11.6 Å². The van der Waals surface area contributed by atoms with E-state index < -0.39 is 0 Å². The summed E-state index contributed by atoms with van der Waals surface area (Å²) in [6.45, 7) is 12.3. The Hall–Kier alpha value is -2.59. The van der Waals surface area contributed by atoms with Crippen molar-refractivity contribution in [3.05, 3.63) is 82.1 Å². The monoisotopic (exact) mass is 378 g/mol. The lowest BCUT2D eigenvalue weighted by Gasteiger charge is -2.34. The van der Waals surface area contributed by atoms with Gasteiger partial charge in [-0.2, -0.15) is 0 Å². The van der Waals surface area contributed by atoms with Gasteiger partial charge in [-0.3, -0.25) is 0 Å². The van der Waals surface area contributed by atoms with Crippen LogP contribution >= 0.6 is 11.6 Å². The minimum Gasteiger partial charge on any atom is -0.365 e. The summed E-state index contributed by atoms with van der Waals surface area (Å²) in [7, 11) is 0. The van der Waals surface area contributed by atoms with E-state index in [-0.39, 0.29) is 0 Å². The number of rotatable bonds is 3. The van der Waals surface area contributed by atoms with Crippen molar-refractivity contribution in [1.29, 1.82) is 0 Å². The molecule has 1 aliphatic rings. The van der Waals surface area contributed by atoms with Crippen LogP contribution in [0.3, 0.4) is 0 Å². The fourth-order valence-electron chi connectivity index (χ4n) is 3.76. The van der Waals surface area contributed by atoms with E-state index in [1.54, 1.807) is 0 Å². The van der Waals surface area contributed by atoms with E-state index in [2.05, 4.69) is 66.0 Å². The highest BCUT2D eigenvalue weighted by Gasteiger charge is 2.29. The van der Waals surface area contributed by atoms with Crippen molar-refractivity contribution < 1.29 is 0 Å². The molecule has 1 aliphatic heterocycles. The van der Waals surface area contributed by atoms with Crippen molar-refractivity contribution in [3.63, 3.8) is 0 Å². The number of hydrogen-bond acceptors (Lipinski definition) is 3. The summed E-state index contributed by atoms with van der Waals surface area (Å²) in [5, 5.41) is 9.68. The number of aryl methyl sites for hydroxylation is 1. The van der Waals surface area contributed by atoms with Crippen LogP contribution in [0.5, 0.6) is 0 Å². The van der Waals surface area contributed by atoms with Crippen LogP contribution in [0.1, 0.15) is 40.9 Å². The van der Waals surface area contributed by atoms with E-state index in [0.29, 0.717) is 12.5 Å². The molecule has 1 aromatic heterocycles. The van der Waals surface area contributed by atoms with Crippen LogP contribution in [0.25, 0.3) is 11.4 Å². The molecule has 138 valence electrons. The lowest BCUT2D eigenvalue weighted by Crippen LogP contribution is -2.32. The molecule has 0 saturated carbocycles. The average molecular weight is 379 g/mol. The van der Waals surface area contributed by atoms with Gasteiger partial charge in [-0.05, 0) is 37.6 Å². The van der Waals surface area contributed by atoms with Crippen LogP contribution in [0.15, 0.2) is 49.0 Å². The summed E-state index contributed by atoms with van der Waals surface area (Å²) in [5.74, 6) is 0.293. The van der Waals surface area contributed by atoms with Gasteiger partial charge in [0.1, 0.15) is 5.69 Å². The minimum atomic E-state index is 0.293. The second kappa shape index (κ2) is 6.86. The first kappa shape index (κ1) is 17.8. The van der Waals surface area contributed by atoms with Crippen LogP contribution in [0, 0.1) is 13.8 Å². The Labute approximate surface area is 165 Å². The molecule has 2 aromatic carbocycles. The van der Waals surface area contributed by atoms with Crippen molar-refractivity contribution in [2.75, 3.05) is 6.54 Å². The number of benzene rings is 2. The molecule has 0 spiro atoms. The first-order valence-electron chi connectivity index (χ1n) is 9.16. The number of nitrogens with zero attached hydrogens (tertiary/aromatic N) is 4. The zero-order chi connectivity index (χ0) is 19.1. The highest BCUT2D eigenvalue weighted by Crippen LogP contribution is 2.34. The van der Waals surface area contributed by atoms with E-state index in [9.17, 15) is 0 Å². The number of hydrogen-bond donors (Lipinski definition) is 0. The molecule has 0 radical (unpaired) electrons. The number of aromatic nitrogens is 3. The van der Waals surface area contributed by atoms with Gasteiger partial charge in [0.05, 0.1) is 17.9 Å². The van der Waals surface area contributed by atoms with Gasteiger partial charge in [-0.15, -0.1) is 5.10 Å². The maximum atomic E-state index is 6.30. The predicted octanol–water partition coefficient (Wildman–Crippen LogP) is 5.13. The van der Waals surface area contributed by atoms with E-state index in [1.807, 2.05) is 23.7 Å². The van der Waals surface area contributed by atoms with Crippen LogP contribution in [-0.4, -0.2) is 26.4 Å². The van der Waals surface area contributed by atoms with Crippen LogP contribution in [0.2, 0.25) is 5.02 Å². The second-order valence-electron chi connectivity index (χ2n) is 7.31. The highest BCUT2D eigenvalue weighted by atomic mass is 35.5. The fourth-order valence-corrected chi connectivity index (χ4v) is 3.94. The van der Waals surface area contributed by atoms with Gasteiger partial charge in [-0.25, -0.2) is 4.68 Å². The topological polar surface area (TPSA) is 34.0 Å². The lowest BCUT2D eigenvalue weighted by molar-refractivity contribution is 0.334. The van der Waals surface area contributed by atoms with Gasteiger partial charge < -0.3 is 4.90 Å². The summed E-state index contributed by atoms with van der Waals surface area (Å²) in [4.78, 5) is 2.28. The Morgan fingerprint density at radius 2 is 1.89 bits per heavy atom. The first-order valence-corrected chi connectivity index (χ1v) is 9.54. The Kier molecular flexibility index (Phi) is 4.52. The van der Waals surface area contributed by atoms with Crippen molar-refractivity contribution >= 4 is 17.3 Å². The molecule has 0 fully saturated rings. The van der Waals surface area contributed by atoms with Gasteiger partial charge in [0, 0.05) is 28.7 Å². The standard InChI is InChI=1S/C22H23ClN4/c1-14-8-10-18(11-9-14)27-22-15(2)12-26(13-21(22)24-25-27)17(4)19-6-5-7-20(23)16(19)3/h5-11,15H,4,12-13H2,1-3H3. The summed E-state index contributed by atoms with van der Waals surface area (Å²) in [6.07, 6.45) is 0. The smallest absolute Gasteiger partial charge is 0.106 e. The van der Waals surface area contributed by atoms with Gasteiger partial charge in [0.25, 0.3) is 0 Å². The maximum Gasteiger partial charge on any atom is 0.106 e. The second-order valence-corrected chi connectivity index (χ2v) is 7.72.